The number of rotatable bonds is 7. The normalized spacial score (nSPS) is 10.5. The second kappa shape index (κ2) is 8.16. The molecule has 9 heteroatoms. The zero-order valence-corrected chi connectivity index (χ0v) is 13.9. The maximum absolute atomic E-state index is 12.0. The largest absolute Gasteiger partial charge is 0.375 e. The molecule has 0 spiro atoms. The van der Waals surface area contributed by atoms with Gasteiger partial charge in [0, 0.05) is 24.9 Å². The number of hydrogen-bond acceptors (Lipinski definition) is 6. The van der Waals surface area contributed by atoms with Gasteiger partial charge in [-0.3, -0.25) is 9.59 Å². The Bertz CT molecular complexity index is 728. The Kier molecular flexibility index (Phi) is 5.96. The molecule has 0 aliphatic rings. The van der Waals surface area contributed by atoms with Gasteiger partial charge in [-0.25, -0.2) is 4.68 Å². The molecule has 1 aromatic heterocycles. The van der Waals surface area contributed by atoms with E-state index < -0.39 is 0 Å². The Labute approximate surface area is 139 Å². The lowest BCUT2D eigenvalue weighted by Crippen LogP contribution is -2.18. The first-order chi connectivity index (χ1) is 11.5. The van der Waals surface area contributed by atoms with Crippen LogP contribution in [-0.2, 0) is 20.9 Å². The van der Waals surface area contributed by atoms with Gasteiger partial charge in [0.15, 0.2) is 0 Å². The molecule has 2 N–H and O–H groups in total. The van der Waals surface area contributed by atoms with E-state index in [1.165, 1.54) is 7.11 Å². The van der Waals surface area contributed by atoms with Crippen LogP contribution in [0.3, 0.4) is 0 Å². The number of ether oxygens (including phenoxy) is 1. The molecule has 2 amide bonds. The molecule has 24 heavy (non-hydrogen) atoms. The van der Waals surface area contributed by atoms with Crippen molar-refractivity contribution in [2.45, 2.75) is 26.8 Å². The molecular weight excluding hydrogens is 312 g/mol. The summed E-state index contributed by atoms with van der Waals surface area (Å²) >= 11 is 0. The van der Waals surface area contributed by atoms with Gasteiger partial charge in [0.1, 0.15) is 12.4 Å². The molecule has 1 heterocycles. The minimum Gasteiger partial charge on any atom is -0.375 e. The lowest BCUT2D eigenvalue weighted by molar-refractivity contribution is -0.119. The molecule has 2 aromatic rings. The van der Waals surface area contributed by atoms with E-state index in [-0.39, 0.29) is 24.8 Å². The number of nitrogens with one attached hydrogen (secondary N) is 2. The van der Waals surface area contributed by atoms with Crippen molar-refractivity contribution in [3.63, 3.8) is 0 Å². The van der Waals surface area contributed by atoms with Crippen molar-refractivity contribution >= 4 is 23.2 Å². The van der Waals surface area contributed by atoms with Crippen LogP contribution in [-0.4, -0.2) is 45.7 Å². The van der Waals surface area contributed by atoms with E-state index in [9.17, 15) is 9.59 Å². The maximum atomic E-state index is 12.0. The SMILES string of the molecule is COCC(=O)Nc1ccc(NC(=O)CCn2nnnc2C)cc1C. The number of anilines is 2. The average molecular weight is 332 g/mol. The summed E-state index contributed by atoms with van der Waals surface area (Å²) < 4.78 is 6.34. The first-order valence-corrected chi connectivity index (χ1v) is 7.41. The Morgan fingerprint density at radius 1 is 1.21 bits per heavy atom. The quantitative estimate of drug-likeness (QED) is 0.779. The van der Waals surface area contributed by atoms with Gasteiger partial charge in [0.05, 0.1) is 6.54 Å². The lowest BCUT2D eigenvalue weighted by Gasteiger charge is -2.11. The number of aryl methyl sites for hydroxylation is 3. The Morgan fingerprint density at radius 3 is 2.62 bits per heavy atom. The molecule has 0 saturated carbocycles. The van der Waals surface area contributed by atoms with Gasteiger partial charge in [0.25, 0.3) is 0 Å². The van der Waals surface area contributed by atoms with Crippen LogP contribution < -0.4 is 10.6 Å². The summed E-state index contributed by atoms with van der Waals surface area (Å²) in [6.07, 6.45) is 0.261. The topological polar surface area (TPSA) is 111 Å². The summed E-state index contributed by atoms with van der Waals surface area (Å²) in [4.78, 5) is 23.5. The van der Waals surface area contributed by atoms with Crippen LogP contribution in [0.2, 0.25) is 0 Å². The number of amides is 2. The monoisotopic (exact) mass is 332 g/mol. The summed E-state index contributed by atoms with van der Waals surface area (Å²) in [6.45, 7) is 4.03. The molecule has 1 aromatic carbocycles. The van der Waals surface area contributed by atoms with Crippen LogP contribution in [0.15, 0.2) is 18.2 Å². The van der Waals surface area contributed by atoms with Crippen LogP contribution in [0.1, 0.15) is 17.8 Å². The fourth-order valence-corrected chi connectivity index (χ4v) is 2.09. The van der Waals surface area contributed by atoms with E-state index in [4.69, 9.17) is 4.74 Å². The molecule has 0 radical (unpaired) electrons. The Balaban J connectivity index is 1.90. The van der Waals surface area contributed by atoms with E-state index >= 15 is 0 Å². The van der Waals surface area contributed by atoms with Crippen molar-refractivity contribution in [1.82, 2.24) is 20.2 Å². The first-order valence-electron chi connectivity index (χ1n) is 7.41. The van der Waals surface area contributed by atoms with Crippen LogP contribution in [0.4, 0.5) is 11.4 Å². The molecule has 128 valence electrons. The number of carbonyl (C=O) groups is 2. The van der Waals surface area contributed by atoms with Crippen molar-refractivity contribution in [2.24, 2.45) is 0 Å². The van der Waals surface area contributed by atoms with Crippen molar-refractivity contribution in [1.29, 1.82) is 0 Å². The van der Waals surface area contributed by atoms with Crippen molar-refractivity contribution in [3.8, 4) is 0 Å². The van der Waals surface area contributed by atoms with Gasteiger partial charge in [-0.2, -0.15) is 0 Å². The zero-order valence-electron chi connectivity index (χ0n) is 13.9. The standard InChI is InChI=1S/C15H20N6O3/c1-10-8-12(4-5-13(10)17-15(23)9-24-3)16-14(22)6-7-21-11(2)18-19-20-21/h4-5,8H,6-7,9H2,1-3H3,(H,16,22)(H,17,23). The number of aromatic nitrogens is 4. The Hall–Kier alpha value is -2.81. The summed E-state index contributed by atoms with van der Waals surface area (Å²) in [5, 5.41) is 16.6. The number of benzene rings is 1. The molecule has 0 aliphatic heterocycles. The zero-order chi connectivity index (χ0) is 17.5. The highest BCUT2D eigenvalue weighted by molar-refractivity contribution is 5.94. The van der Waals surface area contributed by atoms with E-state index in [1.54, 1.807) is 29.8 Å². The van der Waals surface area contributed by atoms with E-state index in [0.717, 1.165) is 5.56 Å². The van der Waals surface area contributed by atoms with E-state index in [1.807, 2.05) is 6.92 Å². The summed E-state index contributed by atoms with van der Waals surface area (Å²) in [7, 11) is 1.46. The van der Waals surface area contributed by atoms with Gasteiger partial charge in [0.2, 0.25) is 11.8 Å². The molecule has 0 bridgehead atoms. The minimum atomic E-state index is -0.228. The average Bonchev–Trinajstić information content (AvgIpc) is 2.93. The van der Waals surface area contributed by atoms with Crippen LogP contribution in [0.5, 0.6) is 0 Å². The fourth-order valence-electron chi connectivity index (χ4n) is 2.09. The molecule has 0 saturated heterocycles. The molecule has 9 nitrogen and oxygen atoms in total. The highest BCUT2D eigenvalue weighted by Crippen LogP contribution is 2.20. The van der Waals surface area contributed by atoms with E-state index in [2.05, 4.69) is 26.2 Å². The van der Waals surface area contributed by atoms with Gasteiger partial charge in [-0.05, 0) is 48.0 Å². The van der Waals surface area contributed by atoms with Crippen LogP contribution in [0.25, 0.3) is 0 Å². The lowest BCUT2D eigenvalue weighted by atomic mass is 10.1. The molecule has 0 fully saturated rings. The second-order valence-electron chi connectivity index (χ2n) is 5.26. The summed E-state index contributed by atoms with van der Waals surface area (Å²) in [6, 6.07) is 5.27. The predicted molar refractivity (Wildman–Crippen MR) is 87.5 cm³/mol. The predicted octanol–water partition coefficient (Wildman–Crippen LogP) is 0.904. The molecule has 2 rings (SSSR count). The van der Waals surface area contributed by atoms with Crippen LogP contribution in [0, 0.1) is 13.8 Å². The fraction of sp³-hybridized carbons (Fsp3) is 0.400. The number of tetrazole rings is 1. The molecular formula is C15H20N6O3. The van der Waals surface area contributed by atoms with Gasteiger partial charge < -0.3 is 15.4 Å². The molecule has 0 atom stereocenters. The third-order valence-electron chi connectivity index (χ3n) is 3.32. The van der Waals surface area contributed by atoms with Gasteiger partial charge in [-0.1, -0.05) is 0 Å². The number of carbonyl (C=O) groups excluding carboxylic acids is 2. The van der Waals surface area contributed by atoms with E-state index in [0.29, 0.717) is 23.7 Å². The summed E-state index contributed by atoms with van der Waals surface area (Å²) in [5.74, 6) is 0.296. The Morgan fingerprint density at radius 2 is 2.00 bits per heavy atom. The third-order valence-corrected chi connectivity index (χ3v) is 3.32. The number of hydrogen-bond donors (Lipinski definition) is 2. The molecule has 0 unspecified atom stereocenters. The smallest absolute Gasteiger partial charge is 0.250 e. The van der Waals surface area contributed by atoms with Gasteiger partial charge in [-0.15, -0.1) is 5.10 Å². The summed E-state index contributed by atoms with van der Waals surface area (Å²) in [5.41, 5.74) is 2.18. The van der Waals surface area contributed by atoms with Crippen LogP contribution >= 0.6 is 0 Å². The highest BCUT2D eigenvalue weighted by Gasteiger charge is 2.08. The van der Waals surface area contributed by atoms with Crippen molar-refractivity contribution in [2.75, 3.05) is 24.4 Å². The first kappa shape index (κ1) is 17.5. The second-order valence-corrected chi connectivity index (χ2v) is 5.26. The minimum absolute atomic E-state index is 0.00547. The molecule has 0 aliphatic carbocycles. The van der Waals surface area contributed by atoms with Crippen molar-refractivity contribution < 1.29 is 14.3 Å². The number of methoxy groups -OCH3 is 1. The van der Waals surface area contributed by atoms with Crippen molar-refractivity contribution in [3.05, 3.63) is 29.6 Å². The highest BCUT2D eigenvalue weighted by atomic mass is 16.5. The number of nitrogens with zero attached hydrogens (tertiary/aromatic N) is 4. The maximum Gasteiger partial charge on any atom is 0.250 e. The van der Waals surface area contributed by atoms with Gasteiger partial charge >= 0.3 is 0 Å². The third kappa shape index (κ3) is 4.85.